The Bertz CT molecular complexity index is 277. The van der Waals surface area contributed by atoms with Crippen LogP contribution in [0.15, 0.2) is 12.2 Å². The summed E-state index contributed by atoms with van der Waals surface area (Å²) in [7, 11) is 0. The average Bonchev–Trinajstić information content (AvgIpc) is 3.00. The summed E-state index contributed by atoms with van der Waals surface area (Å²) in [5.41, 5.74) is 8.48. The number of hydrogen-bond acceptors (Lipinski definition) is 5. The van der Waals surface area contributed by atoms with Crippen LogP contribution in [0.4, 0.5) is 0 Å². The third kappa shape index (κ3) is 3.00. The summed E-state index contributed by atoms with van der Waals surface area (Å²) in [5, 5.41) is 13.9. The van der Waals surface area contributed by atoms with Crippen LogP contribution in [0.3, 0.4) is 0 Å². The minimum atomic E-state index is -1.00. The molecule has 3 atom stereocenters. The monoisotopic (exact) mass is 212 g/mol. The van der Waals surface area contributed by atoms with Crippen LogP contribution in [0.5, 0.6) is 0 Å². The van der Waals surface area contributed by atoms with E-state index in [1.165, 1.54) is 18.9 Å². The van der Waals surface area contributed by atoms with Gasteiger partial charge in [-0.25, -0.2) is 10.4 Å². The fourth-order valence-electron chi connectivity index (χ4n) is 1.40. The van der Waals surface area contributed by atoms with E-state index in [0.29, 0.717) is 12.6 Å². The molecular formula is C9H16N4O2. The molecular weight excluding hydrogens is 196 g/mol. The van der Waals surface area contributed by atoms with E-state index in [9.17, 15) is 4.79 Å². The molecule has 1 heterocycles. The predicted octanol–water partition coefficient (Wildman–Crippen LogP) is -1.19. The molecule has 2 aliphatic rings. The van der Waals surface area contributed by atoms with Crippen LogP contribution in [-0.4, -0.2) is 41.0 Å². The molecule has 1 saturated carbocycles. The highest BCUT2D eigenvalue weighted by Gasteiger charge is 2.44. The molecule has 0 spiro atoms. The number of hydrogen-bond donors (Lipinski definition) is 4. The first-order chi connectivity index (χ1) is 7.18. The molecule has 6 heteroatoms. The first-order valence-electron chi connectivity index (χ1n) is 5.11. The minimum Gasteiger partial charge on any atom is -0.480 e. The van der Waals surface area contributed by atoms with Crippen LogP contribution < -0.4 is 16.5 Å². The Labute approximate surface area is 88.1 Å². The Morgan fingerprint density at radius 2 is 2.47 bits per heavy atom. The second kappa shape index (κ2) is 4.28. The van der Waals surface area contributed by atoms with E-state index in [-0.39, 0.29) is 6.29 Å². The highest BCUT2D eigenvalue weighted by atomic mass is 16.4. The maximum atomic E-state index is 10.4. The SMILES string of the molecule is NC(C=CCNC1NN1C1CC1)C(=O)O. The van der Waals surface area contributed by atoms with Gasteiger partial charge in [0.25, 0.3) is 0 Å². The Hall–Kier alpha value is -0.950. The lowest BCUT2D eigenvalue weighted by Gasteiger charge is -1.99. The normalized spacial score (nSPS) is 31.8. The van der Waals surface area contributed by atoms with Gasteiger partial charge in [0.1, 0.15) is 12.3 Å². The molecule has 15 heavy (non-hydrogen) atoms. The molecule has 1 aliphatic heterocycles. The summed E-state index contributed by atoms with van der Waals surface area (Å²) in [6.45, 7) is 0.627. The molecule has 5 N–H and O–H groups in total. The summed E-state index contributed by atoms with van der Waals surface area (Å²) in [6.07, 6.45) is 6.02. The molecule has 0 amide bonds. The molecule has 6 nitrogen and oxygen atoms in total. The maximum Gasteiger partial charge on any atom is 0.324 e. The van der Waals surface area contributed by atoms with Gasteiger partial charge in [-0.2, -0.15) is 0 Å². The van der Waals surface area contributed by atoms with Crippen molar-refractivity contribution in [3.05, 3.63) is 12.2 Å². The molecule has 2 fully saturated rings. The van der Waals surface area contributed by atoms with Crippen molar-refractivity contribution in [2.75, 3.05) is 6.54 Å². The second-order valence-corrected chi connectivity index (χ2v) is 3.87. The fraction of sp³-hybridized carbons (Fsp3) is 0.667. The van der Waals surface area contributed by atoms with Crippen molar-refractivity contribution in [1.82, 2.24) is 15.8 Å². The van der Waals surface area contributed by atoms with E-state index in [0.717, 1.165) is 0 Å². The minimum absolute atomic E-state index is 0.253. The van der Waals surface area contributed by atoms with Crippen molar-refractivity contribution in [3.8, 4) is 0 Å². The number of aliphatic carboxylic acids is 1. The van der Waals surface area contributed by atoms with Gasteiger partial charge >= 0.3 is 5.97 Å². The van der Waals surface area contributed by atoms with Gasteiger partial charge in [-0.15, -0.1) is 0 Å². The Morgan fingerprint density at radius 1 is 1.73 bits per heavy atom. The van der Waals surface area contributed by atoms with Gasteiger partial charge in [-0.05, 0) is 12.8 Å². The number of rotatable bonds is 6. The third-order valence-corrected chi connectivity index (χ3v) is 2.48. The molecule has 0 aromatic rings. The van der Waals surface area contributed by atoms with Crippen LogP contribution in [0.1, 0.15) is 12.8 Å². The van der Waals surface area contributed by atoms with Gasteiger partial charge in [0, 0.05) is 12.6 Å². The summed E-state index contributed by atoms with van der Waals surface area (Å²) in [6, 6.07) is -0.203. The quantitative estimate of drug-likeness (QED) is 0.326. The van der Waals surface area contributed by atoms with E-state index in [1.807, 2.05) is 0 Å². The van der Waals surface area contributed by atoms with E-state index >= 15 is 0 Å². The van der Waals surface area contributed by atoms with Crippen molar-refractivity contribution in [2.45, 2.75) is 31.2 Å². The van der Waals surface area contributed by atoms with E-state index < -0.39 is 12.0 Å². The predicted molar refractivity (Wildman–Crippen MR) is 54.5 cm³/mol. The van der Waals surface area contributed by atoms with Crippen LogP contribution in [0.25, 0.3) is 0 Å². The lowest BCUT2D eigenvalue weighted by Crippen LogP contribution is -2.28. The van der Waals surface area contributed by atoms with E-state index in [1.54, 1.807) is 6.08 Å². The van der Waals surface area contributed by atoms with Gasteiger partial charge in [-0.3, -0.25) is 10.1 Å². The lowest BCUT2D eigenvalue weighted by molar-refractivity contribution is -0.137. The summed E-state index contributed by atoms with van der Waals surface area (Å²) in [4.78, 5) is 10.4. The van der Waals surface area contributed by atoms with Crippen LogP contribution in [-0.2, 0) is 4.79 Å². The number of hydrazine groups is 1. The van der Waals surface area contributed by atoms with Crippen molar-refractivity contribution < 1.29 is 9.90 Å². The summed E-state index contributed by atoms with van der Waals surface area (Å²) < 4.78 is 0. The molecule has 0 bridgehead atoms. The molecule has 0 aromatic heterocycles. The standard InChI is InChI=1S/C9H16N4O2/c10-7(8(14)15)2-1-5-11-9-12-13(9)6-3-4-6/h1-2,6-7,9,11-12H,3-5,10H2,(H,14,15). The topological polar surface area (TPSA) is 100 Å². The fourth-order valence-corrected chi connectivity index (χ4v) is 1.40. The highest BCUT2D eigenvalue weighted by molar-refractivity contribution is 5.75. The maximum absolute atomic E-state index is 10.4. The molecule has 1 aliphatic carbocycles. The zero-order valence-electron chi connectivity index (χ0n) is 8.39. The van der Waals surface area contributed by atoms with Crippen LogP contribution in [0, 0.1) is 0 Å². The Balaban J connectivity index is 1.57. The van der Waals surface area contributed by atoms with E-state index in [4.69, 9.17) is 10.8 Å². The molecule has 2 rings (SSSR count). The molecule has 0 aromatic carbocycles. The van der Waals surface area contributed by atoms with Crippen molar-refractivity contribution >= 4 is 5.97 Å². The van der Waals surface area contributed by atoms with Gasteiger partial charge < -0.3 is 10.8 Å². The summed E-state index contributed by atoms with van der Waals surface area (Å²) >= 11 is 0. The number of nitrogens with two attached hydrogens (primary N) is 1. The zero-order chi connectivity index (χ0) is 10.8. The Morgan fingerprint density at radius 3 is 3.07 bits per heavy atom. The molecule has 0 radical (unpaired) electrons. The first-order valence-corrected chi connectivity index (χ1v) is 5.11. The van der Waals surface area contributed by atoms with Crippen molar-refractivity contribution in [2.24, 2.45) is 5.73 Å². The number of nitrogens with one attached hydrogen (secondary N) is 2. The average molecular weight is 212 g/mol. The van der Waals surface area contributed by atoms with Crippen LogP contribution in [0.2, 0.25) is 0 Å². The zero-order valence-corrected chi connectivity index (χ0v) is 8.39. The third-order valence-electron chi connectivity index (χ3n) is 2.48. The number of carbonyl (C=O) groups is 1. The van der Waals surface area contributed by atoms with Crippen molar-refractivity contribution in [3.63, 3.8) is 0 Å². The summed E-state index contributed by atoms with van der Waals surface area (Å²) in [5.74, 6) is -1.00. The number of carboxylic acid groups (broad SMARTS) is 1. The number of carboxylic acids is 1. The number of nitrogens with zero attached hydrogens (tertiary/aromatic N) is 1. The first kappa shape index (κ1) is 10.6. The van der Waals surface area contributed by atoms with Gasteiger partial charge in [-0.1, -0.05) is 12.2 Å². The van der Waals surface area contributed by atoms with Crippen molar-refractivity contribution in [1.29, 1.82) is 0 Å². The highest BCUT2D eigenvalue weighted by Crippen LogP contribution is 2.30. The molecule has 1 saturated heterocycles. The van der Waals surface area contributed by atoms with Gasteiger partial charge in [0.15, 0.2) is 0 Å². The van der Waals surface area contributed by atoms with Crippen LogP contribution >= 0.6 is 0 Å². The second-order valence-electron chi connectivity index (χ2n) is 3.87. The lowest BCUT2D eigenvalue weighted by atomic mass is 10.3. The van der Waals surface area contributed by atoms with Gasteiger partial charge in [0.2, 0.25) is 0 Å². The Kier molecular flexibility index (Phi) is 3.01. The van der Waals surface area contributed by atoms with Gasteiger partial charge in [0.05, 0.1) is 0 Å². The molecule has 3 unspecified atom stereocenters. The smallest absolute Gasteiger partial charge is 0.324 e. The molecule has 84 valence electrons. The van der Waals surface area contributed by atoms with E-state index in [2.05, 4.69) is 15.8 Å². The largest absolute Gasteiger partial charge is 0.480 e.